The van der Waals surface area contributed by atoms with E-state index in [0.29, 0.717) is 0 Å². The zero-order valence-electron chi connectivity index (χ0n) is 13.5. The molecule has 3 rings (SSSR count). The van der Waals surface area contributed by atoms with Crippen LogP contribution in [0.25, 0.3) is 0 Å². The average molecular weight is 335 g/mol. The zero-order chi connectivity index (χ0) is 17.3. The van der Waals surface area contributed by atoms with Gasteiger partial charge in [-0.15, -0.1) is 0 Å². The molecule has 1 aromatic carbocycles. The quantitative estimate of drug-likeness (QED) is 0.865. The number of anilines is 1. The molecule has 0 spiro atoms. The molecule has 0 fully saturated rings. The van der Waals surface area contributed by atoms with Gasteiger partial charge in [-0.2, -0.15) is 5.10 Å². The molecule has 128 valence electrons. The smallest absolute Gasteiger partial charge is 0.343 e. The van der Waals surface area contributed by atoms with Gasteiger partial charge in [0.25, 0.3) is 6.43 Å². The van der Waals surface area contributed by atoms with Crippen LogP contribution in [0.3, 0.4) is 0 Å². The van der Waals surface area contributed by atoms with E-state index in [1.165, 1.54) is 10.9 Å². The molecule has 7 heteroatoms. The van der Waals surface area contributed by atoms with Crippen LogP contribution in [0.1, 0.15) is 46.9 Å². The van der Waals surface area contributed by atoms with Gasteiger partial charge in [0.2, 0.25) is 0 Å². The molecule has 1 aliphatic heterocycles. The molecule has 2 atom stereocenters. The number of carbonyl (C=O) groups excluding carboxylic acids is 1. The van der Waals surface area contributed by atoms with Crippen LogP contribution < -0.4 is 5.32 Å². The van der Waals surface area contributed by atoms with E-state index >= 15 is 0 Å². The molecule has 0 bridgehead atoms. The van der Waals surface area contributed by atoms with Gasteiger partial charge in [0.15, 0.2) is 0 Å². The molecule has 0 aliphatic carbocycles. The predicted molar refractivity (Wildman–Crippen MR) is 85.4 cm³/mol. The molecular weight excluding hydrogens is 316 g/mol. The van der Waals surface area contributed by atoms with E-state index < -0.39 is 18.4 Å². The average Bonchev–Trinajstić information content (AvgIpc) is 2.98. The summed E-state index contributed by atoms with van der Waals surface area (Å²) in [6, 6.07) is 6.29. The number of nitrogens with one attached hydrogen (secondary N) is 1. The van der Waals surface area contributed by atoms with Crippen molar-refractivity contribution in [3.63, 3.8) is 0 Å². The Hall–Kier alpha value is -2.44. The van der Waals surface area contributed by atoms with E-state index in [-0.39, 0.29) is 30.5 Å². The number of benzene rings is 1. The number of nitrogens with zero attached hydrogens (tertiary/aromatic N) is 2. The van der Waals surface area contributed by atoms with Crippen LogP contribution in [0.2, 0.25) is 0 Å². The fraction of sp³-hybridized carbons (Fsp3) is 0.412. The van der Waals surface area contributed by atoms with E-state index in [4.69, 9.17) is 4.74 Å². The number of carbonyl (C=O) groups is 1. The first-order chi connectivity index (χ1) is 11.5. The maximum Gasteiger partial charge on any atom is 0.343 e. The van der Waals surface area contributed by atoms with E-state index in [2.05, 4.69) is 10.4 Å². The van der Waals surface area contributed by atoms with Gasteiger partial charge in [-0.25, -0.2) is 18.3 Å². The fourth-order valence-electron chi connectivity index (χ4n) is 2.91. The molecule has 0 amide bonds. The normalized spacial score (nSPS) is 19.7. The molecule has 0 saturated heterocycles. The van der Waals surface area contributed by atoms with Gasteiger partial charge in [0.1, 0.15) is 17.4 Å². The Labute approximate surface area is 138 Å². The van der Waals surface area contributed by atoms with Gasteiger partial charge in [0, 0.05) is 0 Å². The lowest BCUT2D eigenvalue weighted by Crippen LogP contribution is -2.31. The molecule has 0 radical (unpaired) electrons. The van der Waals surface area contributed by atoms with Crippen molar-refractivity contribution in [3.05, 3.63) is 47.2 Å². The molecule has 2 aromatic rings. The number of alkyl halides is 2. The number of fused-ring (bicyclic) bond motifs is 1. The lowest BCUT2D eigenvalue weighted by Gasteiger charge is -2.32. The minimum atomic E-state index is -2.58. The summed E-state index contributed by atoms with van der Waals surface area (Å²) in [6.07, 6.45) is -1.10. The molecule has 1 aromatic heterocycles. The van der Waals surface area contributed by atoms with Crippen LogP contribution in [0, 0.1) is 6.92 Å². The molecular formula is C17H19F2N3O2. The number of ether oxygens (including phenoxy) is 1. The highest BCUT2D eigenvalue weighted by atomic mass is 19.3. The monoisotopic (exact) mass is 335 g/mol. The maximum atomic E-state index is 13.5. The lowest BCUT2D eigenvalue weighted by molar-refractivity contribution is 0.0521. The summed E-state index contributed by atoms with van der Waals surface area (Å²) >= 11 is 0. The molecule has 0 unspecified atom stereocenters. The second-order valence-electron chi connectivity index (χ2n) is 5.82. The number of rotatable bonds is 4. The van der Waals surface area contributed by atoms with Crippen molar-refractivity contribution in [3.8, 4) is 0 Å². The highest BCUT2D eigenvalue weighted by Gasteiger charge is 2.36. The van der Waals surface area contributed by atoms with Crippen LogP contribution in [-0.4, -0.2) is 28.8 Å². The topological polar surface area (TPSA) is 56.1 Å². The molecule has 1 aliphatic rings. The first-order valence-corrected chi connectivity index (χ1v) is 7.87. The van der Waals surface area contributed by atoms with Crippen molar-refractivity contribution < 1.29 is 18.3 Å². The summed E-state index contributed by atoms with van der Waals surface area (Å²) in [6.45, 7) is 3.87. The second-order valence-corrected chi connectivity index (χ2v) is 5.82. The summed E-state index contributed by atoms with van der Waals surface area (Å²) in [5, 5.41) is 7.15. The second kappa shape index (κ2) is 6.59. The molecule has 1 N–H and O–H groups in total. The first-order valence-electron chi connectivity index (χ1n) is 7.87. The van der Waals surface area contributed by atoms with Crippen molar-refractivity contribution in [1.82, 2.24) is 9.78 Å². The zero-order valence-corrected chi connectivity index (χ0v) is 13.5. The minimum absolute atomic E-state index is 0.180. The molecule has 5 nitrogen and oxygen atoms in total. The highest BCUT2D eigenvalue weighted by Crippen LogP contribution is 2.39. The van der Waals surface area contributed by atoms with Crippen molar-refractivity contribution in [1.29, 1.82) is 0 Å². The Kier molecular flexibility index (Phi) is 4.51. The molecule has 0 saturated carbocycles. The van der Waals surface area contributed by atoms with Crippen molar-refractivity contribution in [2.24, 2.45) is 0 Å². The van der Waals surface area contributed by atoms with Crippen LogP contribution in [-0.2, 0) is 4.74 Å². The largest absolute Gasteiger partial charge is 0.462 e. The van der Waals surface area contributed by atoms with E-state index in [9.17, 15) is 13.6 Å². The summed E-state index contributed by atoms with van der Waals surface area (Å²) in [7, 11) is 0. The van der Waals surface area contributed by atoms with E-state index in [1.54, 1.807) is 6.92 Å². The number of esters is 1. The van der Waals surface area contributed by atoms with E-state index in [1.807, 2.05) is 31.2 Å². The van der Waals surface area contributed by atoms with Gasteiger partial charge in [-0.3, -0.25) is 0 Å². The number of halogens is 2. The van der Waals surface area contributed by atoms with Crippen LogP contribution in [0.15, 0.2) is 30.5 Å². The third-order valence-electron chi connectivity index (χ3n) is 4.16. The Balaban J connectivity index is 1.98. The predicted octanol–water partition coefficient (Wildman–Crippen LogP) is 3.73. The third-order valence-corrected chi connectivity index (χ3v) is 4.16. The van der Waals surface area contributed by atoms with Crippen LogP contribution in [0.4, 0.5) is 14.6 Å². The Morgan fingerprint density at radius 3 is 2.75 bits per heavy atom. The third kappa shape index (κ3) is 2.98. The van der Waals surface area contributed by atoms with Gasteiger partial charge < -0.3 is 10.1 Å². The van der Waals surface area contributed by atoms with Gasteiger partial charge >= 0.3 is 5.97 Å². The lowest BCUT2D eigenvalue weighted by atomic mass is 9.96. The Morgan fingerprint density at radius 2 is 2.12 bits per heavy atom. The van der Waals surface area contributed by atoms with Gasteiger partial charge in [-0.1, -0.05) is 29.8 Å². The first kappa shape index (κ1) is 16.4. The van der Waals surface area contributed by atoms with Crippen molar-refractivity contribution >= 4 is 11.8 Å². The standard InChI is InChI=1S/C17H19F2N3O2/c1-3-24-17(23)12-9-20-22-14(15(18)19)8-13(21-16(12)22)11-6-4-10(2)5-7-11/h4-7,9,13-15,21H,3,8H2,1-2H3/t13-,14-/m0/s1. The maximum absolute atomic E-state index is 13.5. The number of aromatic nitrogens is 2. The fourth-order valence-corrected chi connectivity index (χ4v) is 2.91. The summed E-state index contributed by atoms with van der Waals surface area (Å²) in [4.78, 5) is 12.0. The van der Waals surface area contributed by atoms with Gasteiger partial charge in [0.05, 0.1) is 18.8 Å². The van der Waals surface area contributed by atoms with E-state index in [0.717, 1.165) is 11.1 Å². The minimum Gasteiger partial charge on any atom is -0.462 e. The van der Waals surface area contributed by atoms with Crippen molar-refractivity contribution in [2.75, 3.05) is 11.9 Å². The molecule has 24 heavy (non-hydrogen) atoms. The number of aryl methyl sites for hydroxylation is 1. The highest BCUT2D eigenvalue weighted by molar-refractivity contribution is 5.94. The Bertz CT molecular complexity index is 728. The summed E-state index contributed by atoms with van der Waals surface area (Å²) in [5.74, 6) is -0.278. The summed E-state index contributed by atoms with van der Waals surface area (Å²) < 4.78 is 33.2. The van der Waals surface area contributed by atoms with Crippen LogP contribution >= 0.6 is 0 Å². The van der Waals surface area contributed by atoms with Crippen LogP contribution in [0.5, 0.6) is 0 Å². The Morgan fingerprint density at radius 1 is 1.42 bits per heavy atom. The van der Waals surface area contributed by atoms with Gasteiger partial charge in [-0.05, 0) is 25.8 Å². The number of hydrogen-bond donors (Lipinski definition) is 1. The SMILES string of the molecule is CCOC(=O)c1cnn2c1N[C@H](c1ccc(C)cc1)C[C@H]2C(F)F. The number of hydrogen-bond acceptors (Lipinski definition) is 4. The van der Waals surface area contributed by atoms with Crippen molar-refractivity contribution in [2.45, 2.75) is 38.8 Å². The molecule has 2 heterocycles. The summed E-state index contributed by atoms with van der Waals surface area (Å²) in [5.41, 5.74) is 2.17.